The molecule has 3 aliphatic rings. The van der Waals surface area contributed by atoms with Crippen LogP contribution in [0.3, 0.4) is 0 Å². The Bertz CT molecular complexity index is 1370. The van der Waals surface area contributed by atoms with Gasteiger partial charge in [0.1, 0.15) is 0 Å². The quantitative estimate of drug-likeness (QED) is 0.168. The number of allylic oxidation sites excluding steroid dienone is 2. The first-order chi connectivity index (χ1) is 19.1. The van der Waals surface area contributed by atoms with Crippen molar-refractivity contribution in [2.24, 2.45) is 23.7 Å². The zero-order valence-corrected chi connectivity index (χ0v) is 25.4. The Morgan fingerprint density at radius 3 is 2.60 bits per heavy atom. The number of methoxy groups -OCH3 is 1. The van der Waals surface area contributed by atoms with E-state index in [2.05, 4.69) is 49.4 Å². The Kier molecular flexibility index (Phi) is 8.45. The van der Waals surface area contributed by atoms with Crippen LogP contribution in [0.25, 0.3) is 6.08 Å². The molecule has 1 aliphatic carbocycles. The lowest BCUT2D eigenvalue weighted by molar-refractivity contribution is -0.122. The van der Waals surface area contributed by atoms with E-state index in [1.165, 1.54) is 17.6 Å². The number of nitrogens with zero attached hydrogens (tertiary/aromatic N) is 1. The molecule has 2 fully saturated rings. The molecule has 5 rings (SSSR count). The number of para-hydroxylation sites is 1. The fourth-order valence-corrected chi connectivity index (χ4v) is 7.25. The zero-order valence-electron chi connectivity index (χ0n) is 23.3. The van der Waals surface area contributed by atoms with Crippen LogP contribution < -0.4 is 9.64 Å². The van der Waals surface area contributed by atoms with Gasteiger partial charge in [0.2, 0.25) is 11.8 Å². The summed E-state index contributed by atoms with van der Waals surface area (Å²) in [6, 6.07) is 12.8. The molecule has 9 heteroatoms. The normalized spacial score (nSPS) is 25.0. The molecule has 0 radical (unpaired) electrons. The molecule has 0 bridgehead atoms. The highest BCUT2D eigenvalue weighted by atomic mass is 127. The lowest BCUT2D eigenvalue weighted by Gasteiger charge is -2.44. The molecule has 2 aromatic carbocycles. The van der Waals surface area contributed by atoms with Crippen LogP contribution in [0.2, 0.25) is 6.32 Å². The second-order valence-corrected chi connectivity index (χ2v) is 12.5. The van der Waals surface area contributed by atoms with Crippen LogP contribution in [-0.2, 0) is 14.2 Å². The van der Waals surface area contributed by atoms with Crippen molar-refractivity contribution in [2.75, 3.05) is 12.0 Å². The topological polar surface area (TPSA) is 96.3 Å². The van der Waals surface area contributed by atoms with Gasteiger partial charge in [-0.25, -0.2) is 0 Å². The molecule has 2 amide bonds. The molecule has 0 unspecified atom stereocenters. The van der Waals surface area contributed by atoms with Gasteiger partial charge in [0.05, 0.1) is 34.3 Å². The number of ether oxygens (including phenoxy) is 1. The van der Waals surface area contributed by atoms with E-state index >= 15 is 0 Å². The first-order valence-corrected chi connectivity index (χ1v) is 14.9. The number of hydrogen-bond donors (Lipinski definition) is 2. The van der Waals surface area contributed by atoms with Crippen LogP contribution in [-0.4, -0.2) is 42.3 Å². The Balaban J connectivity index is 1.42. The number of carbonyl (C=O) groups is 2. The van der Waals surface area contributed by atoms with Crippen LogP contribution in [0.5, 0.6) is 11.5 Å². The lowest BCUT2D eigenvalue weighted by Crippen LogP contribution is -2.46. The summed E-state index contributed by atoms with van der Waals surface area (Å²) in [7, 11) is 0.538. The number of imide groups is 1. The molecule has 0 aromatic heterocycles. The van der Waals surface area contributed by atoms with E-state index in [0.29, 0.717) is 34.2 Å². The molecular weight excluding hydrogens is 620 g/mol. The summed E-state index contributed by atoms with van der Waals surface area (Å²) in [5.41, 5.74) is 4.93. The van der Waals surface area contributed by atoms with Crippen molar-refractivity contribution in [3.8, 4) is 11.5 Å². The fourth-order valence-electron chi connectivity index (χ4n) is 6.63. The highest BCUT2D eigenvalue weighted by molar-refractivity contribution is 14.1. The number of aromatic hydroxyl groups is 1. The van der Waals surface area contributed by atoms with E-state index in [-0.39, 0.29) is 35.5 Å². The van der Waals surface area contributed by atoms with Gasteiger partial charge in [-0.15, -0.1) is 0 Å². The van der Waals surface area contributed by atoms with Gasteiger partial charge in [-0.3, -0.25) is 14.5 Å². The van der Waals surface area contributed by atoms with Crippen molar-refractivity contribution in [1.82, 2.24) is 0 Å². The number of halogens is 1. The third kappa shape index (κ3) is 5.35. The number of benzene rings is 2. The second-order valence-electron chi connectivity index (χ2n) is 11.3. The average molecular weight is 655 g/mol. The minimum absolute atomic E-state index is 0.128. The van der Waals surface area contributed by atoms with Gasteiger partial charge in [-0.1, -0.05) is 49.3 Å². The minimum Gasteiger partial charge on any atom is -0.504 e. The molecule has 2 heterocycles. The number of phenolic OH excluding ortho intramolecular Hbond substituents is 1. The number of phenols is 1. The van der Waals surface area contributed by atoms with Gasteiger partial charge in [0.15, 0.2) is 11.5 Å². The third-order valence-corrected chi connectivity index (χ3v) is 9.26. The molecule has 2 aromatic rings. The SMILES string of the molecule is COc1cc(/C=C(\C)CC[C@H]2OB(O)C[C@H]3C2=C(C(C)C)C[C@H]2C(=O)N(c4ccccc4)C(=O)[C@H]23)cc(I)c1O. The molecule has 2 saturated heterocycles. The number of carbonyl (C=O) groups excluding carboxylic acids is 2. The van der Waals surface area contributed by atoms with Crippen LogP contribution >= 0.6 is 22.6 Å². The van der Waals surface area contributed by atoms with Crippen LogP contribution in [0.1, 0.15) is 45.6 Å². The Morgan fingerprint density at radius 1 is 1.20 bits per heavy atom. The molecule has 210 valence electrons. The van der Waals surface area contributed by atoms with Gasteiger partial charge in [0.25, 0.3) is 0 Å². The van der Waals surface area contributed by atoms with E-state index in [1.807, 2.05) is 24.3 Å². The predicted molar refractivity (Wildman–Crippen MR) is 164 cm³/mol. The maximum absolute atomic E-state index is 13.8. The summed E-state index contributed by atoms with van der Waals surface area (Å²) in [4.78, 5) is 28.7. The average Bonchev–Trinajstić information content (AvgIpc) is 3.18. The minimum atomic E-state index is -0.994. The number of fused-ring (bicyclic) bond motifs is 3. The van der Waals surface area contributed by atoms with Gasteiger partial charge >= 0.3 is 7.12 Å². The van der Waals surface area contributed by atoms with Crippen molar-refractivity contribution in [3.63, 3.8) is 0 Å². The van der Waals surface area contributed by atoms with Crippen molar-refractivity contribution >= 4 is 53.3 Å². The Hall–Kier alpha value is -2.63. The largest absolute Gasteiger partial charge is 0.504 e. The van der Waals surface area contributed by atoms with Gasteiger partial charge < -0.3 is 19.5 Å². The summed E-state index contributed by atoms with van der Waals surface area (Å²) in [5.74, 6) is -0.717. The first-order valence-electron chi connectivity index (χ1n) is 13.8. The van der Waals surface area contributed by atoms with Crippen LogP contribution in [0.15, 0.2) is 59.2 Å². The number of rotatable bonds is 7. The molecular formula is C31H35BINO6. The molecule has 0 spiro atoms. The molecule has 40 heavy (non-hydrogen) atoms. The third-order valence-electron chi connectivity index (χ3n) is 8.44. The predicted octanol–water partition coefficient (Wildman–Crippen LogP) is 5.85. The van der Waals surface area contributed by atoms with Gasteiger partial charge in [-0.2, -0.15) is 0 Å². The number of amides is 2. The second kappa shape index (κ2) is 11.7. The van der Waals surface area contributed by atoms with Gasteiger partial charge in [0, 0.05) is 0 Å². The van der Waals surface area contributed by atoms with E-state index in [1.54, 1.807) is 18.2 Å². The molecule has 2 N–H and O–H groups in total. The maximum atomic E-state index is 13.8. The summed E-state index contributed by atoms with van der Waals surface area (Å²) in [6.45, 7) is 6.31. The molecule has 2 aliphatic heterocycles. The van der Waals surface area contributed by atoms with Crippen molar-refractivity contribution in [2.45, 2.75) is 52.5 Å². The summed E-state index contributed by atoms with van der Waals surface area (Å²) < 4.78 is 12.1. The van der Waals surface area contributed by atoms with E-state index in [4.69, 9.17) is 9.39 Å². The van der Waals surface area contributed by atoms with Crippen LogP contribution in [0.4, 0.5) is 5.69 Å². The first kappa shape index (κ1) is 28.9. The standard InChI is InChI=1S/C31H35BINO6/c1-17(2)21-15-22-28(31(37)34(30(22)36)20-8-6-5-7-9-20)23-16-32(38)40-25(27(21)23)11-10-18(3)12-19-13-24(33)29(35)26(14-19)39-4/h5-9,12-14,17,22-23,25,28,35,38H,10-11,15-16H2,1-4H3/b18-12+/t22-,23+,25-,28-/m1/s1. The molecule has 0 saturated carbocycles. The van der Waals surface area contributed by atoms with E-state index in [0.717, 1.165) is 23.1 Å². The number of anilines is 1. The zero-order chi connectivity index (χ0) is 28.7. The van der Waals surface area contributed by atoms with E-state index in [9.17, 15) is 19.7 Å². The Morgan fingerprint density at radius 2 is 1.93 bits per heavy atom. The smallest absolute Gasteiger partial charge is 0.455 e. The highest BCUT2D eigenvalue weighted by Crippen LogP contribution is 2.52. The fraction of sp³-hybridized carbons (Fsp3) is 0.419. The molecule has 4 atom stereocenters. The Labute approximate surface area is 249 Å². The number of hydrogen-bond acceptors (Lipinski definition) is 6. The maximum Gasteiger partial charge on any atom is 0.455 e. The van der Waals surface area contributed by atoms with Crippen LogP contribution in [0, 0.1) is 27.2 Å². The van der Waals surface area contributed by atoms with Gasteiger partial charge in [-0.05, 0) is 102 Å². The highest BCUT2D eigenvalue weighted by Gasteiger charge is 2.57. The summed E-state index contributed by atoms with van der Waals surface area (Å²) >= 11 is 2.09. The van der Waals surface area contributed by atoms with Crippen molar-refractivity contribution in [3.05, 3.63) is 68.3 Å². The molecule has 7 nitrogen and oxygen atoms in total. The summed E-state index contributed by atoms with van der Waals surface area (Å²) in [6.07, 6.45) is 3.95. The monoisotopic (exact) mass is 655 g/mol. The summed E-state index contributed by atoms with van der Waals surface area (Å²) in [5, 5.41) is 21.0. The van der Waals surface area contributed by atoms with Crippen molar-refractivity contribution < 1.29 is 29.1 Å². The lowest BCUT2D eigenvalue weighted by atomic mass is 9.57. The van der Waals surface area contributed by atoms with Crippen molar-refractivity contribution in [1.29, 1.82) is 0 Å². The van der Waals surface area contributed by atoms with E-state index < -0.39 is 19.0 Å².